The van der Waals surface area contributed by atoms with Crippen LogP contribution in [0.2, 0.25) is 0 Å². The molecule has 0 bridgehead atoms. The number of aromatic nitrogens is 3. The lowest BCUT2D eigenvalue weighted by Gasteiger charge is -2.12. The molecule has 0 amide bonds. The van der Waals surface area contributed by atoms with E-state index in [4.69, 9.17) is 9.73 Å². The van der Waals surface area contributed by atoms with Gasteiger partial charge < -0.3 is 15.2 Å². The number of carbonyl (C=O) groups excluding carboxylic acids is 1. The van der Waals surface area contributed by atoms with Crippen LogP contribution < -0.4 is 5.32 Å². The third kappa shape index (κ3) is 4.70. The second-order valence-corrected chi connectivity index (χ2v) is 10.3. The predicted molar refractivity (Wildman–Crippen MR) is 146 cm³/mol. The quantitative estimate of drug-likeness (QED) is 0.323. The fraction of sp³-hybridized carbons (Fsp3) is 0.250. The molecule has 38 heavy (non-hydrogen) atoms. The second-order valence-electron chi connectivity index (χ2n) is 9.11. The van der Waals surface area contributed by atoms with E-state index in [1.165, 1.54) is 7.11 Å². The second kappa shape index (κ2) is 10.2. The Kier molecular flexibility index (Phi) is 6.81. The van der Waals surface area contributed by atoms with E-state index in [0.717, 1.165) is 43.5 Å². The molecule has 2 aromatic carbocycles. The van der Waals surface area contributed by atoms with E-state index < -0.39 is 12.0 Å². The average Bonchev–Trinajstić information content (AvgIpc) is 3.39. The predicted octanol–water partition coefficient (Wildman–Crippen LogP) is 5.02. The van der Waals surface area contributed by atoms with Crippen molar-refractivity contribution in [2.45, 2.75) is 39.8 Å². The first-order chi connectivity index (χ1) is 18.3. The summed E-state index contributed by atoms with van der Waals surface area (Å²) in [5.41, 5.74) is 6.20. The number of benzene rings is 2. The highest BCUT2D eigenvalue weighted by atomic mass is 32.1. The number of nitrogens with one attached hydrogen (secondary N) is 1. The number of esters is 1. The maximum absolute atomic E-state index is 11.7. The van der Waals surface area contributed by atoms with Crippen molar-refractivity contribution in [2.24, 2.45) is 4.99 Å². The molecule has 0 spiro atoms. The van der Waals surface area contributed by atoms with Crippen molar-refractivity contribution in [3.05, 3.63) is 92.9 Å². The Morgan fingerprint density at radius 2 is 1.76 bits per heavy atom. The molecule has 1 aliphatic heterocycles. The fourth-order valence-electron chi connectivity index (χ4n) is 4.52. The third-order valence-electron chi connectivity index (χ3n) is 6.64. The zero-order valence-electron chi connectivity index (χ0n) is 21.5. The lowest BCUT2D eigenvalue weighted by Crippen LogP contribution is -2.10. The van der Waals surface area contributed by atoms with Gasteiger partial charge in [-0.15, -0.1) is 21.5 Å². The molecule has 3 heterocycles. The van der Waals surface area contributed by atoms with E-state index in [0.29, 0.717) is 23.8 Å². The van der Waals surface area contributed by atoms with Gasteiger partial charge in [-0.3, -0.25) is 14.4 Å². The van der Waals surface area contributed by atoms with E-state index in [-0.39, 0.29) is 12.4 Å². The number of anilines is 1. The average molecular weight is 530 g/mol. The molecular formula is C28H27N5O4S. The number of carboxylic acids is 1. The van der Waals surface area contributed by atoms with E-state index >= 15 is 0 Å². The van der Waals surface area contributed by atoms with Crippen LogP contribution in [0.15, 0.2) is 53.5 Å². The number of ether oxygens (including phenoxy) is 1. The number of fused-ring (bicyclic) bond motifs is 3. The number of carbonyl (C=O) groups is 2. The molecule has 1 atom stereocenters. The molecule has 1 aliphatic rings. The monoisotopic (exact) mass is 529 g/mol. The van der Waals surface area contributed by atoms with Crippen LogP contribution >= 0.6 is 11.3 Å². The van der Waals surface area contributed by atoms with Crippen molar-refractivity contribution in [3.8, 4) is 5.00 Å². The lowest BCUT2D eigenvalue weighted by atomic mass is 9.99. The van der Waals surface area contributed by atoms with Gasteiger partial charge in [0.1, 0.15) is 16.9 Å². The van der Waals surface area contributed by atoms with Crippen molar-refractivity contribution >= 4 is 34.7 Å². The van der Waals surface area contributed by atoms with Crippen molar-refractivity contribution in [1.82, 2.24) is 14.8 Å². The SMILES string of the molecule is COC(=O)c1ccc(CNc2ccc(C3=N[C@@H](CC(=O)O)c4nnc(C)n4-c4sc(C)c(C)c43)cc2)cc1. The normalized spacial score (nSPS) is 14.2. The number of aryl methyl sites for hydroxylation is 2. The van der Waals surface area contributed by atoms with E-state index in [1.807, 2.05) is 47.9 Å². The number of thiophene rings is 1. The van der Waals surface area contributed by atoms with Crippen LogP contribution in [0, 0.1) is 20.8 Å². The molecule has 0 saturated heterocycles. The van der Waals surface area contributed by atoms with E-state index in [1.54, 1.807) is 23.5 Å². The van der Waals surface area contributed by atoms with Gasteiger partial charge in [0.25, 0.3) is 0 Å². The van der Waals surface area contributed by atoms with E-state index in [2.05, 4.69) is 29.4 Å². The highest BCUT2D eigenvalue weighted by Crippen LogP contribution is 2.39. The summed E-state index contributed by atoms with van der Waals surface area (Å²) >= 11 is 1.64. The van der Waals surface area contributed by atoms with E-state index in [9.17, 15) is 14.7 Å². The summed E-state index contributed by atoms with van der Waals surface area (Å²) in [7, 11) is 1.36. The summed E-state index contributed by atoms with van der Waals surface area (Å²) in [4.78, 5) is 29.5. The first-order valence-electron chi connectivity index (χ1n) is 12.1. The number of hydrogen-bond acceptors (Lipinski definition) is 8. The Hall–Kier alpha value is -4.31. The molecule has 2 aromatic heterocycles. The molecule has 10 heteroatoms. The van der Waals surface area contributed by atoms with Crippen LogP contribution in [-0.4, -0.2) is 44.6 Å². The maximum atomic E-state index is 11.7. The molecule has 5 rings (SSSR count). The Morgan fingerprint density at radius 3 is 2.42 bits per heavy atom. The number of aliphatic carboxylic acids is 1. The molecule has 0 aliphatic carbocycles. The minimum atomic E-state index is -0.942. The van der Waals surface area contributed by atoms with Gasteiger partial charge in [-0.2, -0.15) is 0 Å². The van der Waals surface area contributed by atoms with Crippen LogP contribution in [0.1, 0.15) is 61.6 Å². The molecule has 0 radical (unpaired) electrons. The zero-order valence-corrected chi connectivity index (χ0v) is 22.3. The standard InChI is InChI=1S/C28H27N5O4S/c1-15-16(2)38-27-24(15)25(30-22(13-23(34)35)26-32-31-17(3)33(26)27)19-9-11-21(12-10-19)29-14-18-5-7-20(8-6-18)28(36)37-4/h5-12,22,29H,13-14H2,1-4H3,(H,34,35)/t22-/m0/s1. The highest BCUT2D eigenvalue weighted by molar-refractivity contribution is 7.15. The lowest BCUT2D eigenvalue weighted by molar-refractivity contribution is -0.137. The number of methoxy groups -OCH3 is 1. The first-order valence-corrected chi connectivity index (χ1v) is 12.9. The molecule has 0 saturated carbocycles. The molecule has 9 nitrogen and oxygen atoms in total. The van der Waals surface area contributed by atoms with Crippen molar-refractivity contribution < 1.29 is 19.4 Å². The summed E-state index contributed by atoms with van der Waals surface area (Å²) in [5, 5.41) is 22.5. The van der Waals surface area contributed by atoms with Crippen LogP contribution in [-0.2, 0) is 16.1 Å². The minimum Gasteiger partial charge on any atom is -0.481 e. The van der Waals surface area contributed by atoms with Crippen molar-refractivity contribution in [1.29, 1.82) is 0 Å². The molecule has 0 unspecified atom stereocenters. The molecule has 0 fully saturated rings. The Morgan fingerprint density at radius 1 is 1.05 bits per heavy atom. The Labute approximate surface area is 223 Å². The van der Waals surface area contributed by atoms with Gasteiger partial charge in [0, 0.05) is 28.2 Å². The molecule has 2 N–H and O–H groups in total. The molecule has 194 valence electrons. The first kappa shape index (κ1) is 25.3. The van der Waals surface area contributed by atoms with Crippen molar-refractivity contribution in [2.75, 3.05) is 12.4 Å². The van der Waals surface area contributed by atoms with Gasteiger partial charge in [-0.25, -0.2) is 4.79 Å². The number of carboxylic acid groups (broad SMARTS) is 1. The largest absolute Gasteiger partial charge is 0.481 e. The maximum Gasteiger partial charge on any atom is 0.337 e. The van der Waals surface area contributed by atoms with Crippen LogP contribution in [0.25, 0.3) is 5.00 Å². The van der Waals surface area contributed by atoms with Crippen molar-refractivity contribution in [3.63, 3.8) is 0 Å². The molecule has 4 aromatic rings. The number of aliphatic imine (C=N–C) groups is 1. The van der Waals surface area contributed by atoms with Crippen LogP contribution in [0.3, 0.4) is 0 Å². The summed E-state index contributed by atoms with van der Waals surface area (Å²) in [6, 6.07) is 14.6. The Bertz CT molecular complexity index is 1550. The number of rotatable bonds is 7. The summed E-state index contributed by atoms with van der Waals surface area (Å²) in [6.07, 6.45) is -0.178. The van der Waals surface area contributed by atoms with Gasteiger partial charge in [0.05, 0.1) is 24.8 Å². The topological polar surface area (TPSA) is 119 Å². The van der Waals surface area contributed by atoms with Crippen LogP contribution in [0.5, 0.6) is 0 Å². The fourth-order valence-corrected chi connectivity index (χ4v) is 5.73. The number of hydrogen-bond donors (Lipinski definition) is 2. The van der Waals surface area contributed by atoms with Gasteiger partial charge in [-0.1, -0.05) is 24.3 Å². The minimum absolute atomic E-state index is 0.178. The van der Waals surface area contributed by atoms with Gasteiger partial charge >= 0.3 is 11.9 Å². The Balaban J connectivity index is 1.45. The summed E-state index contributed by atoms with van der Waals surface area (Å²) in [5.74, 6) is -0.0590. The third-order valence-corrected chi connectivity index (χ3v) is 7.83. The number of nitrogens with zero attached hydrogens (tertiary/aromatic N) is 4. The summed E-state index contributed by atoms with van der Waals surface area (Å²) < 4.78 is 6.70. The highest BCUT2D eigenvalue weighted by Gasteiger charge is 2.32. The van der Waals surface area contributed by atoms with Gasteiger partial charge in [0.2, 0.25) is 0 Å². The molecular weight excluding hydrogens is 502 g/mol. The van der Waals surface area contributed by atoms with Gasteiger partial charge in [0.15, 0.2) is 5.82 Å². The van der Waals surface area contributed by atoms with Gasteiger partial charge in [-0.05, 0) is 56.2 Å². The zero-order chi connectivity index (χ0) is 27.0. The summed E-state index contributed by atoms with van der Waals surface area (Å²) in [6.45, 7) is 6.60. The van der Waals surface area contributed by atoms with Crippen LogP contribution in [0.4, 0.5) is 5.69 Å². The smallest absolute Gasteiger partial charge is 0.337 e.